The molecule has 240 valence electrons. The molecule has 0 radical (unpaired) electrons. The number of carbonyl (C=O) groups is 1. The van der Waals surface area contributed by atoms with Crippen LogP contribution in [0.2, 0.25) is 14.8 Å². The normalized spacial score (nSPS) is 18.3. The predicted octanol–water partition coefficient (Wildman–Crippen LogP) is 6.15. The van der Waals surface area contributed by atoms with Crippen molar-refractivity contribution in [1.82, 2.24) is 24.4 Å². The number of halogens is 1. The Morgan fingerprint density at radius 2 is 1.73 bits per heavy atom. The Morgan fingerprint density at radius 1 is 1.09 bits per heavy atom. The number of ether oxygens (including phenoxy) is 1. The molecular formula is C33H49FN6O3Sn. The molecule has 11 heteroatoms. The molecule has 0 spiro atoms. The summed E-state index contributed by atoms with van der Waals surface area (Å²) in [5, 5.41) is 0.463. The van der Waals surface area contributed by atoms with Gasteiger partial charge < -0.3 is 0 Å². The van der Waals surface area contributed by atoms with Crippen LogP contribution >= 0.6 is 0 Å². The van der Waals surface area contributed by atoms with Crippen LogP contribution in [-0.2, 0) is 4.74 Å². The number of hydrogen-bond acceptors (Lipinski definition) is 7. The summed E-state index contributed by atoms with van der Waals surface area (Å²) in [4.78, 5) is 51.9. The van der Waals surface area contributed by atoms with Gasteiger partial charge >= 0.3 is 245 Å². The maximum atomic E-state index is 15.9. The number of aromatic nitrogens is 4. The predicted molar refractivity (Wildman–Crippen MR) is 178 cm³/mol. The van der Waals surface area contributed by atoms with Gasteiger partial charge in [0.25, 0.3) is 0 Å². The molecule has 2 atom stereocenters. The summed E-state index contributed by atoms with van der Waals surface area (Å²) >= 11 is -3.08. The minimum absolute atomic E-state index is 0.0294. The van der Waals surface area contributed by atoms with Gasteiger partial charge in [-0.2, -0.15) is 0 Å². The number of piperazine rings is 1. The molecule has 4 rings (SSSR count). The summed E-state index contributed by atoms with van der Waals surface area (Å²) in [5.74, 6) is 0.0386. The van der Waals surface area contributed by atoms with E-state index in [-0.39, 0.29) is 35.3 Å². The molecule has 3 aromatic rings. The molecule has 0 saturated carbocycles. The number of amides is 1. The van der Waals surface area contributed by atoms with Gasteiger partial charge in [-0.05, 0) is 20.8 Å². The average molecular weight is 716 g/mol. The van der Waals surface area contributed by atoms with E-state index in [1.165, 1.54) is 10.6 Å². The van der Waals surface area contributed by atoms with Gasteiger partial charge in [0, 0.05) is 0 Å². The van der Waals surface area contributed by atoms with Crippen LogP contribution in [0.15, 0.2) is 23.1 Å². The maximum absolute atomic E-state index is 15.9. The van der Waals surface area contributed by atoms with Crippen LogP contribution in [0, 0.1) is 18.2 Å². The van der Waals surface area contributed by atoms with Crippen LogP contribution < -0.4 is 14.3 Å². The van der Waals surface area contributed by atoms with Gasteiger partial charge in [-0.25, -0.2) is 0 Å². The van der Waals surface area contributed by atoms with Crippen molar-refractivity contribution in [1.29, 1.82) is 0 Å². The van der Waals surface area contributed by atoms with E-state index in [2.05, 4.69) is 45.6 Å². The number of anilines is 1. The van der Waals surface area contributed by atoms with E-state index in [9.17, 15) is 9.59 Å². The third-order valence-electron chi connectivity index (χ3n) is 8.09. The number of aryl methyl sites for hydroxylation is 1. The van der Waals surface area contributed by atoms with Crippen LogP contribution in [-0.4, -0.2) is 79.7 Å². The van der Waals surface area contributed by atoms with Crippen molar-refractivity contribution < 1.29 is 13.9 Å². The number of pyridine rings is 2. The van der Waals surface area contributed by atoms with Crippen molar-refractivity contribution >= 4 is 45.0 Å². The van der Waals surface area contributed by atoms with E-state index in [1.54, 1.807) is 11.1 Å². The Balaban J connectivity index is 2.00. The molecule has 9 nitrogen and oxygen atoms in total. The first kappa shape index (κ1) is 34.1. The molecule has 1 amide bonds. The molecule has 1 unspecified atom stereocenters. The van der Waals surface area contributed by atoms with Crippen molar-refractivity contribution in [2.45, 2.75) is 108 Å². The summed E-state index contributed by atoms with van der Waals surface area (Å²) in [7, 11) is 0. The average Bonchev–Trinajstić information content (AvgIpc) is 2.86. The van der Waals surface area contributed by atoms with E-state index in [1.807, 2.05) is 59.4 Å². The summed E-state index contributed by atoms with van der Waals surface area (Å²) < 4.78 is 23.7. The fourth-order valence-electron chi connectivity index (χ4n) is 6.34. The van der Waals surface area contributed by atoms with Crippen LogP contribution in [0.3, 0.4) is 0 Å². The fourth-order valence-corrected chi connectivity index (χ4v) is 9.85. The van der Waals surface area contributed by atoms with Gasteiger partial charge in [0.1, 0.15) is 0 Å². The molecule has 1 saturated heterocycles. The van der Waals surface area contributed by atoms with Gasteiger partial charge in [-0.15, -0.1) is 0 Å². The fraction of sp³-hybridized carbons (Fsp3) is 0.606. The van der Waals surface area contributed by atoms with Crippen molar-refractivity contribution in [3.63, 3.8) is 0 Å². The van der Waals surface area contributed by atoms with Gasteiger partial charge in [0.2, 0.25) is 0 Å². The SMILES string of the molecule is Cc1ccnc(C(C)C)c1-n1c(=O)nc(N2CCN(C(=O)OC(C)(C)C)[C@@H](C(C)(C)C)C2C)c2cc(F)[c]([Sn]([CH3])([CH3])[CH3])nc21. The number of fused-ring (bicyclic) bond motifs is 1. The summed E-state index contributed by atoms with van der Waals surface area (Å²) in [6, 6.07) is 2.84. The zero-order valence-corrected chi connectivity index (χ0v) is 31.5. The topological polar surface area (TPSA) is 93.5 Å². The number of carbonyl (C=O) groups excluding carboxylic acids is 1. The second-order valence-electron chi connectivity index (χ2n) is 15.4. The van der Waals surface area contributed by atoms with Crippen LogP contribution in [0.5, 0.6) is 0 Å². The van der Waals surface area contributed by atoms with Crippen molar-refractivity contribution in [3.05, 3.63) is 45.9 Å². The second kappa shape index (κ2) is 11.9. The van der Waals surface area contributed by atoms with Gasteiger partial charge in [-0.3, -0.25) is 0 Å². The third-order valence-corrected chi connectivity index (χ3v) is 13.1. The third kappa shape index (κ3) is 6.60. The van der Waals surface area contributed by atoms with Gasteiger partial charge in [0.05, 0.1) is 0 Å². The molecule has 44 heavy (non-hydrogen) atoms. The molecule has 4 heterocycles. The Bertz CT molecular complexity index is 1630. The van der Waals surface area contributed by atoms with E-state index < -0.39 is 29.7 Å². The van der Waals surface area contributed by atoms with E-state index in [0.717, 1.165) is 11.3 Å². The molecule has 1 fully saturated rings. The van der Waals surface area contributed by atoms with Gasteiger partial charge in [-0.1, -0.05) is 0 Å². The van der Waals surface area contributed by atoms with Crippen LogP contribution in [0.25, 0.3) is 16.7 Å². The van der Waals surface area contributed by atoms with Crippen molar-refractivity contribution in [3.8, 4) is 5.69 Å². The van der Waals surface area contributed by atoms with E-state index in [4.69, 9.17) is 9.72 Å². The van der Waals surface area contributed by atoms with E-state index >= 15 is 4.39 Å². The van der Waals surface area contributed by atoms with E-state index in [0.29, 0.717) is 39.3 Å². The number of nitrogens with zero attached hydrogens (tertiary/aromatic N) is 6. The molecular weight excluding hydrogens is 666 g/mol. The monoisotopic (exact) mass is 716 g/mol. The Hall–Kier alpha value is -2.76. The first-order valence-corrected chi connectivity index (χ1v) is 25.5. The Kier molecular flexibility index (Phi) is 9.21. The molecule has 1 aliphatic rings. The van der Waals surface area contributed by atoms with Crippen molar-refractivity contribution in [2.24, 2.45) is 5.41 Å². The molecule has 0 aromatic carbocycles. The molecule has 0 N–H and O–H groups in total. The molecule has 0 bridgehead atoms. The zero-order valence-electron chi connectivity index (χ0n) is 28.7. The summed E-state index contributed by atoms with van der Waals surface area (Å²) in [6.07, 6.45) is 1.37. The quantitative estimate of drug-likeness (QED) is 0.299. The van der Waals surface area contributed by atoms with Crippen LogP contribution in [0.4, 0.5) is 15.0 Å². The van der Waals surface area contributed by atoms with Gasteiger partial charge in [0.15, 0.2) is 0 Å². The number of hydrogen-bond donors (Lipinski definition) is 0. The summed E-state index contributed by atoms with van der Waals surface area (Å²) in [6.45, 7) is 20.6. The number of rotatable bonds is 4. The second-order valence-corrected chi connectivity index (χ2v) is 29.6. The Labute approximate surface area is 265 Å². The standard InChI is InChI=1S/C30H40FN6O3.3CH3.Sn/c1-17(2)22-23(18(3)11-12-32-22)37-25-21(15-20(31)16-33-25)26(34-27(37)38)35-13-14-36(28(39)40-30(8,9)10)24(19(35)4)29(5,6)7;;;;/h11-12,15,17,19,24H,13-14H2,1-10H3;3*1H3;/t19?,24-;;;;/m1..../s1. The first-order chi connectivity index (χ1) is 20.1. The summed E-state index contributed by atoms with van der Waals surface area (Å²) in [5.41, 5.74) is 1.17. The Morgan fingerprint density at radius 3 is 2.27 bits per heavy atom. The molecule has 3 aromatic heterocycles. The van der Waals surface area contributed by atoms with Crippen LogP contribution in [0.1, 0.15) is 79.5 Å². The molecule has 1 aliphatic heterocycles. The molecule has 0 aliphatic carbocycles. The minimum atomic E-state index is -3.08. The zero-order chi connectivity index (χ0) is 33.1. The first-order valence-electron chi connectivity index (χ1n) is 15.5. The van der Waals surface area contributed by atoms with Crippen molar-refractivity contribution in [2.75, 3.05) is 18.0 Å².